The molecule has 94 valence electrons. The summed E-state index contributed by atoms with van der Waals surface area (Å²) in [6.07, 6.45) is 2.42. The van der Waals surface area contributed by atoms with Crippen molar-refractivity contribution < 1.29 is 19.7 Å². The van der Waals surface area contributed by atoms with Crippen molar-refractivity contribution in [1.82, 2.24) is 5.32 Å². The molecule has 1 aliphatic carbocycles. The average Bonchev–Trinajstić information content (AvgIpc) is 2.98. The number of nitrogens with one attached hydrogen (secondary N) is 1. The highest BCUT2D eigenvalue weighted by molar-refractivity contribution is 5.74. The molecule has 0 aromatic heterocycles. The van der Waals surface area contributed by atoms with Crippen molar-refractivity contribution in [2.45, 2.75) is 37.8 Å². The van der Waals surface area contributed by atoms with E-state index in [2.05, 4.69) is 5.32 Å². The number of carboxylic acid groups (broad SMARTS) is 1. The van der Waals surface area contributed by atoms with Crippen LogP contribution < -0.4 is 5.32 Å². The van der Waals surface area contributed by atoms with Crippen LogP contribution in [-0.2, 0) is 9.53 Å². The molecule has 3 N–H and O–H groups in total. The maximum absolute atomic E-state index is 10.9. The topological polar surface area (TPSA) is 78.8 Å². The first kappa shape index (κ1) is 13.4. The van der Waals surface area contributed by atoms with E-state index in [1.54, 1.807) is 14.0 Å². The van der Waals surface area contributed by atoms with E-state index in [0.29, 0.717) is 13.0 Å². The van der Waals surface area contributed by atoms with Crippen molar-refractivity contribution in [3.8, 4) is 0 Å². The van der Waals surface area contributed by atoms with Gasteiger partial charge in [0.1, 0.15) is 6.04 Å². The molecule has 5 nitrogen and oxygen atoms in total. The van der Waals surface area contributed by atoms with Crippen LogP contribution in [-0.4, -0.2) is 48.1 Å². The van der Waals surface area contributed by atoms with Crippen LogP contribution in [0.25, 0.3) is 0 Å². The van der Waals surface area contributed by atoms with E-state index in [4.69, 9.17) is 9.84 Å². The summed E-state index contributed by atoms with van der Waals surface area (Å²) in [5.41, 5.74) is -0.918. The third kappa shape index (κ3) is 4.47. The van der Waals surface area contributed by atoms with Crippen molar-refractivity contribution >= 4 is 5.97 Å². The molecule has 0 spiro atoms. The molecule has 0 radical (unpaired) electrons. The molecule has 0 heterocycles. The second kappa shape index (κ2) is 5.61. The van der Waals surface area contributed by atoms with Gasteiger partial charge in [-0.25, -0.2) is 0 Å². The summed E-state index contributed by atoms with van der Waals surface area (Å²) in [5.74, 6) is -0.597. The predicted molar refractivity (Wildman–Crippen MR) is 59.3 cm³/mol. The Hall–Kier alpha value is -0.650. The molecule has 0 aromatic rings. The normalized spacial score (nSPS) is 21.4. The molecule has 2 atom stereocenters. The highest BCUT2D eigenvalue weighted by atomic mass is 16.5. The van der Waals surface area contributed by atoms with Gasteiger partial charge in [0.25, 0.3) is 0 Å². The van der Waals surface area contributed by atoms with Crippen molar-refractivity contribution in [3.63, 3.8) is 0 Å². The number of hydrogen-bond donors (Lipinski definition) is 3. The van der Waals surface area contributed by atoms with Crippen LogP contribution in [0.1, 0.15) is 26.2 Å². The Morgan fingerprint density at radius 2 is 2.25 bits per heavy atom. The largest absolute Gasteiger partial charge is 0.480 e. The van der Waals surface area contributed by atoms with Crippen molar-refractivity contribution in [1.29, 1.82) is 0 Å². The van der Waals surface area contributed by atoms with Crippen molar-refractivity contribution in [3.05, 3.63) is 0 Å². The molecule has 2 unspecified atom stereocenters. The van der Waals surface area contributed by atoms with Gasteiger partial charge in [-0.15, -0.1) is 0 Å². The number of carboxylic acids is 1. The minimum Gasteiger partial charge on any atom is -0.480 e. The van der Waals surface area contributed by atoms with Crippen LogP contribution in [0.2, 0.25) is 0 Å². The van der Waals surface area contributed by atoms with E-state index in [1.807, 2.05) is 0 Å². The van der Waals surface area contributed by atoms with Gasteiger partial charge < -0.3 is 20.3 Å². The van der Waals surface area contributed by atoms with Gasteiger partial charge >= 0.3 is 5.97 Å². The number of rotatable bonds is 8. The maximum atomic E-state index is 10.9. The summed E-state index contributed by atoms with van der Waals surface area (Å²) in [6, 6.07) is -0.519. The highest BCUT2D eigenvalue weighted by Crippen LogP contribution is 2.32. The first-order chi connectivity index (χ1) is 7.46. The third-order valence-electron chi connectivity index (χ3n) is 2.91. The maximum Gasteiger partial charge on any atom is 0.320 e. The molecule has 0 aromatic carbocycles. The summed E-state index contributed by atoms with van der Waals surface area (Å²) >= 11 is 0. The Bertz CT molecular complexity index is 238. The Balaban J connectivity index is 2.32. The highest BCUT2D eigenvalue weighted by Gasteiger charge is 2.37. The fourth-order valence-corrected chi connectivity index (χ4v) is 1.63. The number of ether oxygens (including phenoxy) is 1. The summed E-state index contributed by atoms with van der Waals surface area (Å²) < 4.78 is 4.89. The zero-order valence-corrected chi connectivity index (χ0v) is 9.90. The van der Waals surface area contributed by atoms with Crippen LogP contribution in [0.3, 0.4) is 0 Å². The number of hydrogen-bond acceptors (Lipinski definition) is 4. The van der Waals surface area contributed by atoms with Gasteiger partial charge in [-0.05, 0) is 25.7 Å². The summed E-state index contributed by atoms with van der Waals surface area (Å²) in [7, 11) is 1.58. The summed E-state index contributed by atoms with van der Waals surface area (Å²) in [6.45, 7) is 2.44. The summed E-state index contributed by atoms with van der Waals surface area (Å²) in [4.78, 5) is 10.9. The molecular weight excluding hydrogens is 210 g/mol. The van der Waals surface area contributed by atoms with Crippen molar-refractivity contribution in [2.24, 2.45) is 5.92 Å². The van der Waals surface area contributed by atoms with Gasteiger partial charge in [0.05, 0.1) is 5.60 Å². The minimum absolute atomic E-state index is 0.232. The molecule has 0 amide bonds. The van der Waals surface area contributed by atoms with Gasteiger partial charge in [-0.3, -0.25) is 4.79 Å². The lowest BCUT2D eigenvalue weighted by molar-refractivity contribution is -0.140. The monoisotopic (exact) mass is 231 g/mol. The lowest BCUT2D eigenvalue weighted by Gasteiger charge is -2.25. The van der Waals surface area contributed by atoms with E-state index in [-0.39, 0.29) is 12.5 Å². The van der Waals surface area contributed by atoms with E-state index in [9.17, 15) is 9.90 Å². The Labute approximate surface area is 95.8 Å². The predicted octanol–water partition coefficient (Wildman–Crippen LogP) is 0.227. The third-order valence-corrected chi connectivity index (χ3v) is 2.91. The molecule has 1 fully saturated rings. The van der Waals surface area contributed by atoms with Gasteiger partial charge in [0, 0.05) is 26.7 Å². The molecule has 1 rings (SSSR count). The fraction of sp³-hybridized carbons (Fsp3) is 0.909. The standard InChI is InChI=1S/C11H21NO4/c1-11(15,5-6-16-2)7-12-9(10(13)14)8-3-4-8/h8-9,12,15H,3-7H2,1-2H3,(H,13,14). The van der Waals surface area contributed by atoms with Crippen LogP contribution in [0.4, 0.5) is 0 Å². The van der Waals surface area contributed by atoms with E-state index in [0.717, 1.165) is 12.8 Å². The Morgan fingerprint density at radius 3 is 2.69 bits per heavy atom. The lowest BCUT2D eigenvalue weighted by Crippen LogP contribution is -2.47. The number of carbonyl (C=O) groups is 1. The molecular formula is C11H21NO4. The molecule has 1 aliphatic rings. The quantitative estimate of drug-likeness (QED) is 0.557. The Kier molecular flexibility index (Phi) is 4.70. The van der Waals surface area contributed by atoms with E-state index >= 15 is 0 Å². The van der Waals surface area contributed by atoms with Crippen LogP contribution in [0.5, 0.6) is 0 Å². The fourth-order valence-electron chi connectivity index (χ4n) is 1.63. The van der Waals surface area contributed by atoms with E-state index < -0.39 is 17.6 Å². The van der Waals surface area contributed by atoms with Crippen LogP contribution in [0, 0.1) is 5.92 Å². The average molecular weight is 231 g/mol. The second-order valence-corrected chi connectivity index (χ2v) is 4.77. The first-order valence-corrected chi connectivity index (χ1v) is 5.64. The van der Waals surface area contributed by atoms with Crippen LogP contribution >= 0.6 is 0 Å². The zero-order chi connectivity index (χ0) is 12.2. The number of aliphatic hydroxyl groups is 1. The molecule has 0 bridgehead atoms. The lowest BCUT2D eigenvalue weighted by atomic mass is 10.0. The molecule has 5 heteroatoms. The molecule has 0 saturated heterocycles. The van der Waals surface area contributed by atoms with Gasteiger partial charge in [-0.2, -0.15) is 0 Å². The van der Waals surface area contributed by atoms with Gasteiger partial charge in [0.15, 0.2) is 0 Å². The Morgan fingerprint density at radius 1 is 1.62 bits per heavy atom. The van der Waals surface area contributed by atoms with Crippen LogP contribution in [0.15, 0.2) is 0 Å². The second-order valence-electron chi connectivity index (χ2n) is 4.77. The van der Waals surface area contributed by atoms with Crippen molar-refractivity contribution in [2.75, 3.05) is 20.3 Å². The number of aliphatic carboxylic acids is 1. The smallest absolute Gasteiger partial charge is 0.320 e. The first-order valence-electron chi connectivity index (χ1n) is 5.64. The summed E-state index contributed by atoms with van der Waals surface area (Å²) in [5, 5.41) is 21.9. The molecule has 1 saturated carbocycles. The minimum atomic E-state index is -0.918. The zero-order valence-electron chi connectivity index (χ0n) is 9.90. The SMILES string of the molecule is COCCC(C)(O)CNC(C(=O)O)C1CC1. The van der Waals surface area contributed by atoms with Gasteiger partial charge in [-0.1, -0.05) is 0 Å². The van der Waals surface area contributed by atoms with Gasteiger partial charge in [0.2, 0.25) is 0 Å². The molecule has 16 heavy (non-hydrogen) atoms. The van der Waals surface area contributed by atoms with E-state index in [1.165, 1.54) is 0 Å². The molecule has 0 aliphatic heterocycles. The number of methoxy groups -OCH3 is 1.